The van der Waals surface area contributed by atoms with Crippen LogP contribution in [-0.4, -0.2) is 41.2 Å². The molecule has 0 spiro atoms. The summed E-state index contributed by atoms with van der Waals surface area (Å²) in [6.07, 6.45) is 0.114. The number of amides is 2. The Balaban J connectivity index is 1.63. The van der Waals surface area contributed by atoms with Gasteiger partial charge in [0.1, 0.15) is 5.52 Å². The molecule has 0 aliphatic carbocycles. The van der Waals surface area contributed by atoms with E-state index in [0.717, 1.165) is 16.7 Å². The van der Waals surface area contributed by atoms with Crippen molar-refractivity contribution < 1.29 is 13.9 Å². The fourth-order valence-electron chi connectivity index (χ4n) is 2.81. The van der Waals surface area contributed by atoms with Gasteiger partial charge in [-0.3, -0.25) is 0 Å². The molecule has 0 bridgehead atoms. The van der Waals surface area contributed by atoms with Crippen LogP contribution in [-0.2, 0) is 11.3 Å². The van der Waals surface area contributed by atoms with Crippen molar-refractivity contribution in [2.75, 3.05) is 13.1 Å². The zero-order valence-electron chi connectivity index (χ0n) is 13.1. The summed E-state index contributed by atoms with van der Waals surface area (Å²) in [7, 11) is 0. The predicted molar refractivity (Wildman–Crippen MR) is 82.6 cm³/mol. The summed E-state index contributed by atoms with van der Waals surface area (Å²) in [6, 6.07) is 5.69. The third-order valence-corrected chi connectivity index (χ3v) is 3.76. The van der Waals surface area contributed by atoms with Crippen LogP contribution in [0.2, 0.25) is 0 Å². The van der Waals surface area contributed by atoms with E-state index in [1.54, 1.807) is 4.90 Å². The molecular weight excluding hydrogens is 282 g/mol. The van der Waals surface area contributed by atoms with Crippen molar-refractivity contribution in [2.45, 2.75) is 39.5 Å². The fourth-order valence-corrected chi connectivity index (χ4v) is 2.81. The molecule has 2 aromatic rings. The first kappa shape index (κ1) is 14.8. The standard InChI is InChI=1S/C16H21N3O3/c1-10-5-4-6-13-15(10)18-14(22-13)7-17-16(20)19-8-11(2)21-12(3)9-19/h4-6,11-12H,7-9H2,1-3H3,(H,17,20)/t11-,12+. The molecule has 2 heterocycles. The number of aromatic nitrogens is 1. The molecule has 2 atom stereocenters. The Labute approximate surface area is 129 Å². The van der Waals surface area contributed by atoms with Gasteiger partial charge in [0.2, 0.25) is 5.89 Å². The average molecular weight is 303 g/mol. The first-order chi connectivity index (χ1) is 10.5. The largest absolute Gasteiger partial charge is 0.439 e. The van der Waals surface area contributed by atoms with E-state index in [2.05, 4.69) is 10.3 Å². The van der Waals surface area contributed by atoms with Gasteiger partial charge in [-0.25, -0.2) is 9.78 Å². The van der Waals surface area contributed by atoms with Gasteiger partial charge in [-0.05, 0) is 32.4 Å². The number of nitrogens with one attached hydrogen (secondary N) is 1. The van der Waals surface area contributed by atoms with Gasteiger partial charge in [-0.2, -0.15) is 0 Å². The maximum atomic E-state index is 12.2. The quantitative estimate of drug-likeness (QED) is 0.925. The fraction of sp³-hybridized carbons (Fsp3) is 0.500. The van der Waals surface area contributed by atoms with Gasteiger partial charge >= 0.3 is 6.03 Å². The summed E-state index contributed by atoms with van der Waals surface area (Å²) in [6.45, 7) is 7.42. The highest BCUT2D eigenvalue weighted by atomic mass is 16.5. The lowest BCUT2D eigenvalue weighted by atomic mass is 10.2. The molecule has 6 nitrogen and oxygen atoms in total. The summed E-state index contributed by atoms with van der Waals surface area (Å²) in [5.41, 5.74) is 2.66. The zero-order valence-corrected chi connectivity index (χ0v) is 13.1. The monoisotopic (exact) mass is 303 g/mol. The lowest BCUT2D eigenvalue weighted by Gasteiger charge is -2.35. The highest BCUT2D eigenvalue weighted by molar-refractivity contribution is 5.77. The molecule has 22 heavy (non-hydrogen) atoms. The highest BCUT2D eigenvalue weighted by Gasteiger charge is 2.25. The van der Waals surface area contributed by atoms with Gasteiger partial charge in [0.15, 0.2) is 5.58 Å². The Kier molecular flexibility index (Phi) is 4.02. The molecular formula is C16H21N3O3. The van der Waals surface area contributed by atoms with Crippen LogP contribution in [0.5, 0.6) is 0 Å². The second kappa shape index (κ2) is 5.96. The van der Waals surface area contributed by atoms with E-state index in [9.17, 15) is 4.79 Å². The number of carbonyl (C=O) groups excluding carboxylic acids is 1. The summed E-state index contributed by atoms with van der Waals surface area (Å²) < 4.78 is 11.3. The normalized spacial score (nSPS) is 22.0. The smallest absolute Gasteiger partial charge is 0.318 e. The van der Waals surface area contributed by atoms with Crippen molar-refractivity contribution >= 4 is 17.1 Å². The molecule has 1 fully saturated rings. The second-order valence-electron chi connectivity index (χ2n) is 5.85. The van der Waals surface area contributed by atoms with E-state index in [0.29, 0.717) is 19.0 Å². The highest BCUT2D eigenvalue weighted by Crippen LogP contribution is 2.18. The third kappa shape index (κ3) is 3.06. The zero-order chi connectivity index (χ0) is 15.7. The number of rotatable bonds is 2. The summed E-state index contributed by atoms with van der Waals surface area (Å²) >= 11 is 0. The minimum Gasteiger partial charge on any atom is -0.439 e. The third-order valence-electron chi connectivity index (χ3n) is 3.76. The minimum absolute atomic E-state index is 0.0569. The van der Waals surface area contributed by atoms with Crippen LogP contribution in [0.3, 0.4) is 0 Å². The summed E-state index contributed by atoms with van der Waals surface area (Å²) in [4.78, 5) is 18.4. The van der Waals surface area contributed by atoms with Gasteiger partial charge in [0, 0.05) is 13.1 Å². The number of nitrogens with zero attached hydrogens (tertiary/aromatic N) is 2. The molecule has 118 valence electrons. The molecule has 0 radical (unpaired) electrons. The van der Waals surface area contributed by atoms with Crippen LogP contribution < -0.4 is 5.32 Å². The number of benzene rings is 1. The molecule has 1 aliphatic heterocycles. The lowest BCUT2D eigenvalue weighted by molar-refractivity contribution is -0.0545. The number of hydrogen-bond acceptors (Lipinski definition) is 4. The summed E-state index contributed by atoms with van der Waals surface area (Å²) in [5, 5.41) is 2.87. The Bertz CT molecular complexity index is 672. The number of ether oxygens (including phenoxy) is 1. The molecule has 3 rings (SSSR count). The molecule has 0 saturated carbocycles. The minimum atomic E-state index is -0.110. The number of para-hydroxylation sites is 1. The molecule has 0 unspecified atom stereocenters. The van der Waals surface area contributed by atoms with Crippen LogP contribution >= 0.6 is 0 Å². The van der Waals surface area contributed by atoms with E-state index >= 15 is 0 Å². The van der Waals surface area contributed by atoms with Crippen molar-refractivity contribution in [2.24, 2.45) is 0 Å². The first-order valence-corrected chi connectivity index (χ1v) is 7.56. The van der Waals surface area contributed by atoms with Crippen molar-refractivity contribution in [3.05, 3.63) is 29.7 Å². The number of aryl methyl sites for hydroxylation is 1. The predicted octanol–water partition coefficient (Wildman–Crippen LogP) is 2.46. The molecule has 1 aliphatic rings. The number of fused-ring (bicyclic) bond motifs is 1. The lowest BCUT2D eigenvalue weighted by Crippen LogP contribution is -2.51. The molecule has 1 aromatic heterocycles. The van der Waals surface area contributed by atoms with Crippen LogP contribution in [0.1, 0.15) is 25.3 Å². The molecule has 6 heteroatoms. The van der Waals surface area contributed by atoms with Crippen molar-refractivity contribution in [1.82, 2.24) is 15.2 Å². The van der Waals surface area contributed by atoms with Crippen LogP contribution in [0, 0.1) is 6.92 Å². The van der Waals surface area contributed by atoms with Crippen LogP contribution in [0.4, 0.5) is 4.79 Å². The van der Waals surface area contributed by atoms with Crippen molar-refractivity contribution in [3.63, 3.8) is 0 Å². The SMILES string of the molecule is Cc1cccc2oc(CNC(=O)N3C[C@@H](C)O[C@@H](C)C3)nc12. The number of urea groups is 1. The van der Waals surface area contributed by atoms with E-state index in [1.165, 1.54) is 0 Å². The maximum absolute atomic E-state index is 12.2. The summed E-state index contributed by atoms with van der Waals surface area (Å²) in [5.74, 6) is 0.520. The second-order valence-corrected chi connectivity index (χ2v) is 5.85. The van der Waals surface area contributed by atoms with E-state index < -0.39 is 0 Å². The maximum Gasteiger partial charge on any atom is 0.318 e. The van der Waals surface area contributed by atoms with E-state index in [4.69, 9.17) is 9.15 Å². The average Bonchev–Trinajstić information content (AvgIpc) is 2.88. The number of hydrogen-bond donors (Lipinski definition) is 1. The Morgan fingerprint density at radius 1 is 1.36 bits per heavy atom. The molecule has 1 N–H and O–H groups in total. The van der Waals surface area contributed by atoms with Crippen LogP contribution in [0.15, 0.2) is 22.6 Å². The van der Waals surface area contributed by atoms with Gasteiger partial charge in [-0.1, -0.05) is 12.1 Å². The van der Waals surface area contributed by atoms with Gasteiger partial charge in [0.05, 0.1) is 18.8 Å². The van der Waals surface area contributed by atoms with E-state index in [-0.39, 0.29) is 24.8 Å². The Hall–Kier alpha value is -2.08. The molecule has 1 saturated heterocycles. The van der Waals surface area contributed by atoms with Gasteiger partial charge in [-0.15, -0.1) is 0 Å². The van der Waals surface area contributed by atoms with Gasteiger partial charge in [0.25, 0.3) is 0 Å². The molecule has 1 aromatic carbocycles. The van der Waals surface area contributed by atoms with Crippen molar-refractivity contribution in [1.29, 1.82) is 0 Å². The van der Waals surface area contributed by atoms with Gasteiger partial charge < -0.3 is 19.4 Å². The Morgan fingerprint density at radius 3 is 2.77 bits per heavy atom. The number of carbonyl (C=O) groups is 1. The van der Waals surface area contributed by atoms with Crippen LogP contribution in [0.25, 0.3) is 11.1 Å². The van der Waals surface area contributed by atoms with E-state index in [1.807, 2.05) is 39.0 Å². The molecule has 2 amide bonds. The topological polar surface area (TPSA) is 67.6 Å². The first-order valence-electron chi connectivity index (χ1n) is 7.56. The number of morpholine rings is 1. The number of oxazole rings is 1. The van der Waals surface area contributed by atoms with Crippen molar-refractivity contribution in [3.8, 4) is 0 Å². The Morgan fingerprint density at radius 2 is 2.09 bits per heavy atom.